The average molecular weight is 413 g/mol. The Labute approximate surface area is 173 Å². The number of hydrogen-bond acceptors (Lipinski definition) is 7. The Morgan fingerprint density at radius 3 is 2.67 bits per heavy atom. The molecule has 2 heterocycles. The van der Waals surface area contributed by atoms with Crippen molar-refractivity contribution in [2.24, 2.45) is 0 Å². The van der Waals surface area contributed by atoms with Gasteiger partial charge >= 0.3 is 12.2 Å². The zero-order valence-corrected chi connectivity index (χ0v) is 16.9. The van der Waals surface area contributed by atoms with E-state index in [2.05, 4.69) is 20.6 Å². The topological polar surface area (TPSA) is 116 Å². The molecular formula is C20H23N5O5. The second-order valence-electron chi connectivity index (χ2n) is 6.59. The number of rotatable bonds is 7. The summed E-state index contributed by atoms with van der Waals surface area (Å²) >= 11 is 0. The van der Waals surface area contributed by atoms with Crippen LogP contribution < -0.4 is 10.6 Å². The van der Waals surface area contributed by atoms with Crippen molar-refractivity contribution in [3.63, 3.8) is 0 Å². The fourth-order valence-electron chi connectivity index (χ4n) is 2.58. The summed E-state index contributed by atoms with van der Waals surface area (Å²) in [5, 5.41) is 5.29. The second kappa shape index (κ2) is 9.70. The number of carbonyl (C=O) groups excluding carboxylic acids is 2. The van der Waals surface area contributed by atoms with Crippen LogP contribution in [0.4, 0.5) is 21.0 Å². The van der Waals surface area contributed by atoms with Crippen molar-refractivity contribution >= 4 is 29.3 Å². The van der Waals surface area contributed by atoms with Crippen LogP contribution in [-0.2, 0) is 14.2 Å². The third-order valence-electron chi connectivity index (χ3n) is 3.82. The molecule has 30 heavy (non-hydrogen) atoms. The minimum absolute atomic E-state index is 0.168. The van der Waals surface area contributed by atoms with Gasteiger partial charge in [0.1, 0.15) is 6.61 Å². The molecule has 0 saturated heterocycles. The molecule has 2 N–H and O–H groups in total. The summed E-state index contributed by atoms with van der Waals surface area (Å²) in [6, 6.07) is 7.19. The van der Waals surface area contributed by atoms with Crippen LogP contribution in [-0.4, -0.2) is 53.0 Å². The molecule has 0 bridgehead atoms. The minimum Gasteiger partial charge on any atom is -0.447 e. The van der Waals surface area contributed by atoms with Crippen molar-refractivity contribution in [3.8, 4) is 11.3 Å². The Morgan fingerprint density at radius 2 is 1.90 bits per heavy atom. The number of benzene rings is 1. The molecule has 158 valence electrons. The minimum atomic E-state index is -0.565. The van der Waals surface area contributed by atoms with Crippen LogP contribution in [0.25, 0.3) is 17.0 Å². The summed E-state index contributed by atoms with van der Waals surface area (Å²) in [5.41, 5.74) is 2.48. The van der Waals surface area contributed by atoms with E-state index in [9.17, 15) is 9.59 Å². The lowest BCUT2D eigenvalue weighted by molar-refractivity contribution is 0.107. The van der Waals surface area contributed by atoms with E-state index < -0.39 is 12.2 Å². The first-order valence-electron chi connectivity index (χ1n) is 9.30. The summed E-state index contributed by atoms with van der Waals surface area (Å²) in [6.45, 7) is 4.03. The van der Waals surface area contributed by atoms with Gasteiger partial charge in [-0.3, -0.25) is 15.0 Å². The van der Waals surface area contributed by atoms with Gasteiger partial charge in [0.25, 0.3) is 0 Å². The molecule has 0 unspecified atom stereocenters. The number of methoxy groups -OCH3 is 1. The van der Waals surface area contributed by atoms with E-state index in [4.69, 9.17) is 14.2 Å². The van der Waals surface area contributed by atoms with Gasteiger partial charge in [0.2, 0.25) is 5.78 Å². The van der Waals surface area contributed by atoms with Gasteiger partial charge in [-0.25, -0.2) is 19.6 Å². The van der Waals surface area contributed by atoms with Crippen LogP contribution in [0.15, 0.2) is 42.9 Å². The Kier molecular flexibility index (Phi) is 6.81. The summed E-state index contributed by atoms with van der Waals surface area (Å²) in [6.07, 6.45) is 3.63. The first-order valence-corrected chi connectivity index (χ1v) is 9.30. The number of hydrogen-bond donors (Lipinski definition) is 2. The van der Waals surface area contributed by atoms with E-state index in [0.717, 1.165) is 5.56 Å². The molecule has 0 spiro atoms. The van der Waals surface area contributed by atoms with Crippen LogP contribution in [0.1, 0.15) is 13.8 Å². The largest absolute Gasteiger partial charge is 0.447 e. The predicted octanol–water partition coefficient (Wildman–Crippen LogP) is 3.55. The first-order chi connectivity index (χ1) is 14.4. The molecule has 10 nitrogen and oxygen atoms in total. The Bertz CT molecular complexity index is 1030. The van der Waals surface area contributed by atoms with Crippen molar-refractivity contribution in [1.29, 1.82) is 0 Å². The third kappa shape index (κ3) is 5.67. The van der Waals surface area contributed by atoms with Gasteiger partial charge in [-0.05, 0) is 26.0 Å². The molecule has 2 aromatic heterocycles. The summed E-state index contributed by atoms with van der Waals surface area (Å²) < 4.78 is 16.6. The Balaban J connectivity index is 1.73. The van der Waals surface area contributed by atoms with Crippen molar-refractivity contribution < 1.29 is 23.8 Å². The van der Waals surface area contributed by atoms with Gasteiger partial charge in [0.15, 0.2) is 0 Å². The molecule has 0 atom stereocenters. The molecule has 3 rings (SSSR count). The molecule has 0 fully saturated rings. The van der Waals surface area contributed by atoms with Crippen LogP contribution in [0, 0.1) is 0 Å². The van der Waals surface area contributed by atoms with E-state index in [-0.39, 0.29) is 12.7 Å². The standard InChI is InChI=1S/C20H23N5O5/c1-13(2)30-20(27)23-16-10-21-18-24-17(12-25(18)11-16)14-5-4-6-15(9-14)22-19(26)29-8-7-28-3/h4-6,9-13H,7-8H2,1-3H3,(H,22,26)(H,23,27). The number of imidazole rings is 1. The SMILES string of the molecule is COCCOC(=O)Nc1cccc(-c2cn3cc(NC(=O)OC(C)C)cnc3n2)c1. The smallest absolute Gasteiger partial charge is 0.411 e. The normalized spacial score (nSPS) is 10.8. The lowest BCUT2D eigenvalue weighted by Gasteiger charge is -2.09. The van der Waals surface area contributed by atoms with Gasteiger partial charge in [0, 0.05) is 30.8 Å². The van der Waals surface area contributed by atoms with Crippen LogP contribution in [0.5, 0.6) is 0 Å². The van der Waals surface area contributed by atoms with E-state index >= 15 is 0 Å². The van der Waals surface area contributed by atoms with Crippen LogP contribution in [0.2, 0.25) is 0 Å². The number of anilines is 2. The maximum absolute atomic E-state index is 11.8. The first kappa shape index (κ1) is 21.1. The summed E-state index contributed by atoms with van der Waals surface area (Å²) in [5.74, 6) is 0.463. The van der Waals surface area contributed by atoms with Crippen molar-refractivity contribution in [2.45, 2.75) is 20.0 Å². The number of aromatic nitrogens is 3. The molecule has 0 aliphatic carbocycles. The highest BCUT2D eigenvalue weighted by atomic mass is 16.6. The summed E-state index contributed by atoms with van der Waals surface area (Å²) in [7, 11) is 1.53. The van der Waals surface area contributed by atoms with E-state index in [0.29, 0.717) is 29.5 Å². The van der Waals surface area contributed by atoms with Crippen molar-refractivity contribution in [2.75, 3.05) is 31.0 Å². The van der Waals surface area contributed by atoms with Gasteiger partial charge in [-0.2, -0.15) is 0 Å². The highest BCUT2D eigenvalue weighted by Crippen LogP contribution is 2.23. The van der Waals surface area contributed by atoms with Crippen molar-refractivity contribution in [3.05, 3.63) is 42.9 Å². The number of nitrogens with one attached hydrogen (secondary N) is 2. The molecule has 10 heteroatoms. The van der Waals surface area contributed by atoms with Gasteiger partial charge in [-0.15, -0.1) is 0 Å². The van der Waals surface area contributed by atoms with E-state index in [1.165, 1.54) is 13.3 Å². The Morgan fingerprint density at radius 1 is 1.10 bits per heavy atom. The lowest BCUT2D eigenvalue weighted by atomic mass is 10.1. The molecule has 0 radical (unpaired) electrons. The molecule has 0 aliphatic heterocycles. The third-order valence-corrected chi connectivity index (χ3v) is 3.82. The molecule has 0 saturated carbocycles. The number of carbonyl (C=O) groups is 2. The van der Waals surface area contributed by atoms with E-state index in [1.54, 1.807) is 48.8 Å². The van der Waals surface area contributed by atoms with Gasteiger partial charge < -0.3 is 14.2 Å². The van der Waals surface area contributed by atoms with E-state index in [1.807, 2.05) is 6.07 Å². The summed E-state index contributed by atoms with van der Waals surface area (Å²) in [4.78, 5) is 32.3. The number of fused-ring (bicyclic) bond motifs is 1. The molecule has 3 aromatic rings. The number of amides is 2. The predicted molar refractivity (Wildman–Crippen MR) is 111 cm³/mol. The average Bonchev–Trinajstić information content (AvgIpc) is 3.11. The molecule has 1 aromatic carbocycles. The number of nitrogens with zero attached hydrogens (tertiary/aromatic N) is 3. The van der Waals surface area contributed by atoms with Crippen LogP contribution >= 0.6 is 0 Å². The maximum atomic E-state index is 11.8. The highest BCUT2D eigenvalue weighted by molar-refractivity contribution is 5.86. The second-order valence-corrected chi connectivity index (χ2v) is 6.59. The lowest BCUT2D eigenvalue weighted by Crippen LogP contribution is -2.18. The molecular weight excluding hydrogens is 390 g/mol. The fourth-order valence-corrected chi connectivity index (χ4v) is 2.58. The quantitative estimate of drug-likeness (QED) is 0.569. The monoisotopic (exact) mass is 413 g/mol. The zero-order chi connectivity index (χ0) is 21.5. The Hall–Kier alpha value is -3.66. The number of ether oxygens (including phenoxy) is 3. The highest BCUT2D eigenvalue weighted by Gasteiger charge is 2.10. The maximum Gasteiger partial charge on any atom is 0.411 e. The van der Waals surface area contributed by atoms with Gasteiger partial charge in [-0.1, -0.05) is 12.1 Å². The fraction of sp³-hybridized carbons (Fsp3) is 0.300. The zero-order valence-electron chi connectivity index (χ0n) is 16.9. The van der Waals surface area contributed by atoms with Gasteiger partial charge in [0.05, 0.1) is 30.3 Å². The molecule has 2 amide bonds. The van der Waals surface area contributed by atoms with Crippen LogP contribution in [0.3, 0.4) is 0 Å². The van der Waals surface area contributed by atoms with Crippen molar-refractivity contribution in [1.82, 2.24) is 14.4 Å². The molecule has 0 aliphatic rings.